The molecule has 1 aliphatic carbocycles. The van der Waals surface area contributed by atoms with Crippen LogP contribution in [0.5, 0.6) is 11.5 Å². The van der Waals surface area contributed by atoms with Crippen molar-refractivity contribution in [2.24, 2.45) is 11.7 Å². The number of nitrogens with two attached hydrogens (primary N) is 1. The fraction of sp³-hybridized carbons (Fsp3) is 0.323. The Morgan fingerprint density at radius 2 is 1.95 bits per heavy atom. The monoisotopic (exact) mass is 526 g/mol. The molecule has 0 spiro atoms. The van der Waals surface area contributed by atoms with E-state index in [1.54, 1.807) is 20.1 Å². The minimum atomic E-state index is -0.282. The number of methoxy groups -OCH3 is 1. The summed E-state index contributed by atoms with van der Waals surface area (Å²) in [6.07, 6.45) is 3.87. The van der Waals surface area contributed by atoms with Crippen LogP contribution in [0, 0.1) is 11.3 Å². The average molecular weight is 527 g/mol. The number of rotatable bonds is 11. The summed E-state index contributed by atoms with van der Waals surface area (Å²) in [5.41, 5.74) is 10.8. The Balaban J connectivity index is 1.51. The summed E-state index contributed by atoms with van der Waals surface area (Å²) in [6, 6.07) is 19.4. The number of amidine groups is 1. The second kappa shape index (κ2) is 11.6. The van der Waals surface area contributed by atoms with E-state index in [0.29, 0.717) is 29.6 Å². The van der Waals surface area contributed by atoms with E-state index in [1.807, 2.05) is 36.4 Å². The van der Waals surface area contributed by atoms with Gasteiger partial charge in [0.05, 0.1) is 31.2 Å². The molecule has 3 N–H and O–H groups in total. The number of hydrogen-bond donors (Lipinski definition) is 2. The molecule has 1 fully saturated rings. The molecule has 0 amide bonds. The molecule has 8 heteroatoms. The quantitative estimate of drug-likeness (QED) is 0.152. The summed E-state index contributed by atoms with van der Waals surface area (Å²) >= 11 is 0. The van der Waals surface area contributed by atoms with Crippen LogP contribution in [0.4, 0.5) is 0 Å². The molecule has 0 bridgehead atoms. The number of fused-ring (bicyclic) bond motifs is 1. The molecule has 39 heavy (non-hydrogen) atoms. The average Bonchev–Trinajstić information content (AvgIpc) is 3.26. The maximum Gasteiger partial charge on any atom is 0.310 e. The molecule has 1 aromatic heterocycles. The van der Waals surface area contributed by atoms with Crippen molar-refractivity contribution in [1.29, 1.82) is 5.41 Å². The first-order chi connectivity index (χ1) is 19.0. The zero-order valence-electron chi connectivity index (χ0n) is 22.4. The second-order valence-corrected chi connectivity index (χ2v) is 9.84. The maximum atomic E-state index is 12.1. The predicted molar refractivity (Wildman–Crippen MR) is 151 cm³/mol. The Kier molecular flexibility index (Phi) is 7.81. The lowest BCUT2D eigenvalue weighted by Crippen LogP contribution is -2.18. The van der Waals surface area contributed by atoms with Gasteiger partial charge in [0.2, 0.25) is 0 Å². The van der Waals surface area contributed by atoms with E-state index in [2.05, 4.69) is 22.9 Å². The van der Waals surface area contributed by atoms with E-state index in [0.717, 1.165) is 39.8 Å². The van der Waals surface area contributed by atoms with Gasteiger partial charge in [-0.2, -0.15) is 5.10 Å². The molecule has 0 radical (unpaired) electrons. The zero-order chi connectivity index (χ0) is 27.4. The SMILES string of the molecule is CCOC(=O)Cc1ccccc1OCc1nn(CC2CCC2)c2ccc(-c3cccc(C(=N)N)c3OC)cc12. The molecule has 1 saturated carbocycles. The zero-order valence-corrected chi connectivity index (χ0v) is 22.4. The Morgan fingerprint density at radius 1 is 1.13 bits per heavy atom. The van der Waals surface area contributed by atoms with Crippen molar-refractivity contribution in [1.82, 2.24) is 9.78 Å². The molecule has 202 valence electrons. The summed E-state index contributed by atoms with van der Waals surface area (Å²) in [5.74, 6) is 1.52. The van der Waals surface area contributed by atoms with Crippen LogP contribution in [0.3, 0.4) is 0 Å². The molecular formula is C31H34N4O4. The molecule has 5 rings (SSSR count). The number of para-hydroxylation sites is 2. The van der Waals surface area contributed by atoms with Gasteiger partial charge in [0.25, 0.3) is 0 Å². The van der Waals surface area contributed by atoms with E-state index in [1.165, 1.54) is 19.3 Å². The number of esters is 1. The highest BCUT2D eigenvalue weighted by atomic mass is 16.5. The molecule has 0 saturated heterocycles. The highest BCUT2D eigenvalue weighted by Crippen LogP contribution is 2.36. The van der Waals surface area contributed by atoms with E-state index in [4.69, 9.17) is 30.5 Å². The first-order valence-electron chi connectivity index (χ1n) is 13.4. The lowest BCUT2D eigenvalue weighted by Gasteiger charge is -2.25. The highest BCUT2D eigenvalue weighted by Gasteiger charge is 2.22. The summed E-state index contributed by atoms with van der Waals surface area (Å²) in [7, 11) is 1.59. The molecule has 8 nitrogen and oxygen atoms in total. The predicted octanol–water partition coefficient (Wildman–Crippen LogP) is 5.48. The largest absolute Gasteiger partial charge is 0.495 e. The molecule has 0 unspecified atom stereocenters. The van der Waals surface area contributed by atoms with Crippen LogP contribution in [0.1, 0.15) is 43.0 Å². The van der Waals surface area contributed by atoms with Gasteiger partial charge in [-0.1, -0.05) is 42.8 Å². The maximum absolute atomic E-state index is 12.1. The first kappa shape index (κ1) is 26.3. The van der Waals surface area contributed by atoms with Crippen LogP contribution in [0.15, 0.2) is 60.7 Å². The van der Waals surface area contributed by atoms with Crippen molar-refractivity contribution in [3.05, 3.63) is 77.5 Å². The van der Waals surface area contributed by atoms with Crippen LogP contribution in [0.25, 0.3) is 22.0 Å². The van der Waals surface area contributed by atoms with Gasteiger partial charge >= 0.3 is 5.97 Å². The summed E-state index contributed by atoms with van der Waals surface area (Å²) in [6.45, 7) is 3.26. The molecule has 1 heterocycles. The van der Waals surface area contributed by atoms with Gasteiger partial charge in [0, 0.05) is 23.1 Å². The number of carbonyl (C=O) groups is 1. The van der Waals surface area contributed by atoms with E-state index >= 15 is 0 Å². The molecular weight excluding hydrogens is 492 g/mol. The highest BCUT2D eigenvalue weighted by molar-refractivity contribution is 6.00. The van der Waals surface area contributed by atoms with E-state index < -0.39 is 0 Å². The summed E-state index contributed by atoms with van der Waals surface area (Å²) in [4.78, 5) is 12.1. The van der Waals surface area contributed by atoms with Gasteiger partial charge in [0.15, 0.2) is 0 Å². The fourth-order valence-corrected chi connectivity index (χ4v) is 5.08. The van der Waals surface area contributed by atoms with Crippen LogP contribution in [-0.4, -0.2) is 35.3 Å². The van der Waals surface area contributed by atoms with Crippen molar-refractivity contribution in [2.75, 3.05) is 13.7 Å². The van der Waals surface area contributed by atoms with Crippen LogP contribution < -0.4 is 15.2 Å². The lowest BCUT2D eigenvalue weighted by molar-refractivity contribution is -0.142. The Hall–Kier alpha value is -4.33. The van der Waals surface area contributed by atoms with Crippen LogP contribution in [0.2, 0.25) is 0 Å². The van der Waals surface area contributed by atoms with Crippen molar-refractivity contribution in [3.63, 3.8) is 0 Å². The molecule has 0 atom stereocenters. The minimum absolute atomic E-state index is 0.0429. The molecule has 3 aromatic carbocycles. The van der Waals surface area contributed by atoms with Gasteiger partial charge < -0.3 is 19.9 Å². The Labute approximate surface area is 228 Å². The number of nitrogens with one attached hydrogen (secondary N) is 1. The van der Waals surface area contributed by atoms with E-state index in [-0.39, 0.29) is 24.8 Å². The lowest BCUT2D eigenvalue weighted by atomic mass is 9.85. The number of carbonyl (C=O) groups excluding carboxylic acids is 1. The van der Waals surface area contributed by atoms with Crippen molar-refractivity contribution in [2.45, 2.75) is 45.8 Å². The van der Waals surface area contributed by atoms with Gasteiger partial charge in [-0.25, -0.2) is 0 Å². The van der Waals surface area contributed by atoms with Gasteiger partial charge in [-0.3, -0.25) is 14.9 Å². The molecule has 1 aliphatic rings. The van der Waals surface area contributed by atoms with E-state index in [9.17, 15) is 4.79 Å². The number of ether oxygens (including phenoxy) is 3. The number of benzene rings is 3. The van der Waals surface area contributed by atoms with Crippen LogP contribution >= 0.6 is 0 Å². The third-order valence-electron chi connectivity index (χ3n) is 7.28. The number of hydrogen-bond acceptors (Lipinski definition) is 6. The third-order valence-corrected chi connectivity index (χ3v) is 7.28. The number of aromatic nitrogens is 2. The van der Waals surface area contributed by atoms with Crippen molar-refractivity contribution in [3.8, 4) is 22.6 Å². The van der Waals surface area contributed by atoms with Gasteiger partial charge in [-0.15, -0.1) is 0 Å². The minimum Gasteiger partial charge on any atom is -0.495 e. The number of nitrogens with zero attached hydrogens (tertiary/aromatic N) is 2. The van der Waals surface area contributed by atoms with Crippen molar-refractivity contribution < 1.29 is 19.0 Å². The standard InChI is InChI=1S/C31H34N4O4/c1-3-38-29(36)17-22-10-4-5-13-28(22)39-19-26-25-16-21(23-11-7-12-24(31(32)33)30(23)37-2)14-15-27(25)35(34-26)18-20-8-6-9-20/h4-5,7,10-16,20H,3,6,8-9,17-19H2,1-2H3,(H3,32,33). The topological polar surface area (TPSA) is 112 Å². The smallest absolute Gasteiger partial charge is 0.310 e. The van der Waals surface area contributed by atoms with Gasteiger partial charge in [0.1, 0.15) is 29.6 Å². The fourth-order valence-electron chi connectivity index (χ4n) is 5.08. The van der Waals surface area contributed by atoms with Gasteiger partial charge in [-0.05, 0) is 55.5 Å². The molecule has 0 aliphatic heterocycles. The molecule has 4 aromatic rings. The Bertz CT molecular complexity index is 1510. The Morgan fingerprint density at radius 3 is 2.67 bits per heavy atom. The van der Waals surface area contributed by atoms with Crippen molar-refractivity contribution >= 4 is 22.7 Å². The third kappa shape index (κ3) is 5.60. The van der Waals surface area contributed by atoms with Crippen LogP contribution in [-0.2, 0) is 29.1 Å². The second-order valence-electron chi connectivity index (χ2n) is 9.84. The first-order valence-corrected chi connectivity index (χ1v) is 13.4. The number of nitrogen functional groups attached to an aromatic ring is 1. The summed E-state index contributed by atoms with van der Waals surface area (Å²) in [5, 5.41) is 13.9. The summed E-state index contributed by atoms with van der Waals surface area (Å²) < 4.78 is 19.2. The normalized spacial score (nSPS) is 13.2.